The zero-order chi connectivity index (χ0) is 16.6. The van der Waals surface area contributed by atoms with Crippen LogP contribution in [0.3, 0.4) is 0 Å². The summed E-state index contributed by atoms with van der Waals surface area (Å²) < 4.78 is 11.9. The third-order valence-corrected chi connectivity index (χ3v) is 5.68. The molecule has 0 unspecified atom stereocenters. The summed E-state index contributed by atoms with van der Waals surface area (Å²) in [7, 11) is -0.208. The standard InChI is InChI=1S/C16H29BO5/c1-14(2)15(3,4)22-17(21-14)10-6-5-8-16(13(19)20)9-7-12(18)11-16/h12,18H,5-11H2,1-4H3,(H,19,20)/t12-,16-/m1/s1. The van der Waals surface area contributed by atoms with Gasteiger partial charge in [-0.25, -0.2) is 0 Å². The number of unbranched alkanes of at least 4 members (excludes halogenated alkanes) is 1. The molecule has 0 amide bonds. The van der Waals surface area contributed by atoms with Crippen LogP contribution < -0.4 is 0 Å². The highest BCUT2D eigenvalue weighted by Crippen LogP contribution is 2.43. The van der Waals surface area contributed by atoms with Crippen molar-refractivity contribution >= 4 is 13.1 Å². The molecular formula is C16H29BO5. The first-order valence-electron chi connectivity index (χ1n) is 8.35. The quantitative estimate of drug-likeness (QED) is 0.582. The van der Waals surface area contributed by atoms with E-state index in [1.165, 1.54) is 0 Å². The number of carboxylic acids is 1. The van der Waals surface area contributed by atoms with Gasteiger partial charge in [0, 0.05) is 0 Å². The van der Waals surface area contributed by atoms with Crippen LogP contribution in [0.1, 0.15) is 66.2 Å². The van der Waals surface area contributed by atoms with Crippen LogP contribution in [0.25, 0.3) is 0 Å². The number of hydrogen-bond donors (Lipinski definition) is 2. The molecule has 0 aromatic carbocycles. The summed E-state index contributed by atoms with van der Waals surface area (Å²) in [6.07, 6.45) is 4.22. The second-order valence-electron chi connectivity index (χ2n) is 7.91. The Labute approximate surface area is 133 Å². The minimum absolute atomic E-state index is 0.208. The minimum atomic E-state index is -0.764. The number of rotatable bonds is 6. The topological polar surface area (TPSA) is 76.0 Å². The summed E-state index contributed by atoms with van der Waals surface area (Å²) in [5.41, 5.74) is -1.35. The maximum atomic E-state index is 11.5. The number of aliphatic hydroxyl groups is 1. The fraction of sp³-hybridized carbons (Fsp3) is 0.938. The maximum Gasteiger partial charge on any atom is 0.457 e. The van der Waals surface area contributed by atoms with Gasteiger partial charge in [-0.3, -0.25) is 4.79 Å². The Hall–Kier alpha value is -0.585. The van der Waals surface area contributed by atoms with Crippen molar-refractivity contribution in [3.05, 3.63) is 0 Å². The second kappa shape index (κ2) is 6.14. The molecule has 2 rings (SSSR count). The van der Waals surface area contributed by atoms with E-state index >= 15 is 0 Å². The van der Waals surface area contributed by atoms with E-state index in [4.69, 9.17) is 9.31 Å². The fourth-order valence-electron chi connectivity index (χ4n) is 3.48. The Morgan fingerprint density at radius 2 is 1.77 bits per heavy atom. The highest BCUT2D eigenvalue weighted by atomic mass is 16.7. The molecule has 1 saturated carbocycles. The van der Waals surface area contributed by atoms with Crippen LogP contribution in [0.4, 0.5) is 0 Å². The van der Waals surface area contributed by atoms with Gasteiger partial charge >= 0.3 is 13.1 Å². The Bertz CT molecular complexity index is 407. The summed E-state index contributed by atoms with van der Waals surface area (Å²) in [4.78, 5) is 11.5. The van der Waals surface area contributed by atoms with Crippen molar-refractivity contribution in [2.75, 3.05) is 0 Å². The fourth-order valence-corrected chi connectivity index (χ4v) is 3.48. The van der Waals surface area contributed by atoms with Gasteiger partial charge in [0.15, 0.2) is 0 Å². The van der Waals surface area contributed by atoms with Gasteiger partial charge < -0.3 is 19.5 Å². The van der Waals surface area contributed by atoms with Crippen LogP contribution in [0.5, 0.6) is 0 Å². The molecule has 2 aliphatic rings. The SMILES string of the molecule is CC1(C)OB(CCCC[C@@]2(C(=O)O)CC[C@@H](O)C2)OC1(C)C. The van der Waals surface area contributed by atoms with Gasteiger partial charge in [-0.05, 0) is 59.7 Å². The molecule has 1 aliphatic carbocycles. The number of carbonyl (C=O) groups is 1. The van der Waals surface area contributed by atoms with E-state index in [2.05, 4.69) is 0 Å². The van der Waals surface area contributed by atoms with E-state index in [0.29, 0.717) is 25.7 Å². The van der Waals surface area contributed by atoms with E-state index in [1.54, 1.807) is 0 Å². The van der Waals surface area contributed by atoms with Crippen LogP contribution in [-0.2, 0) is 14.1 Å². The molecule has 1 heterocycles. The van der Waals surface area contributed by atoms with Crippen molar-refractivity contribution in [1.82, 2.24) is 0 Å². The van der Waals surface area contributed by atoms with Gasteiger partial charge in [-0.1, -0.05) is 12.8 Å². The molecule has 2 fully saturated rings. The highest BCUT2D eigenvalue weighted by Gasteiger charge is 2.50. The van der Waals surface area contributed by atoms with Crippen LogP contribution in [0, 0.1) is 5.41 Å². The van der Waals surface area contributed by atoms with Crippen molar-refractivity contribution in [1.29, 1.82) is 0 Å². The number of aliphatic hydroxyl groups excluding tert-OH is 1. The molecule has 6 heteroatoms. The summed E-state index contributed by atoms with van der Waals surface area (Å²) >= 11 is 0. The molecule has 0 aromatic rings. The zero-order valence-corrected chi connectivity index (χ0v) is 14.2. The van der Waals surface area contributed by atoms with E-state index in [9.17, 15) is 15.0 Å². The van der Waals surface area contributed by atoms with E-state index in [0.717, 1.165) is 19.2 Å². The summed E-state index contributed by atoms with van der Waals surface area (Å²) in [6.45, 7) is 8.14. The van der Waals surface area contributed by atoms with E-state index in [-0.39, 0.29) is 18.3 Å². The highest BCUT2D eigenvalue weighted by molar-refractivity contribution is 6.45. The van der Waals surface area contributed by atoms with Gasteiger partial charge in [0.2, 0.25) is 0 Å². The average molecular weight is 312 g/mol. The number of aliphatic carboxylic acids is 1. The predicted octanol–water partition coefficient (Wildman–Crippen LogP) is 2.86. The van der Waals surface area contributed by atoms with Crippen molar-refractivity contribution in [2.24, 2.45) is 5.41 Å². The Kier molecular flexibility index (Phi) is 4.95. The first-order chi connectivity index (χ1) is 10.1. The van der Waals surface area contributed by atoms with Gasteiger partial charge in [0.25, 0.3) is 0 Å². The van der Waals surface area contributed by atoms with Crippen molar-refractivity contribution < 1.29 is 24.3 Å². The molecule has 0 aromatic heterocycles. The Balaban J connectivity index is 1.77. The molecule has 0 radical (unpaired) electrons. The first-order valence-corrected chi connectivity index (χ1v) is 8.35. The van der Waals surface area contributed by atoms with E-state index < -0.39 is 17.5 Å². The first kappa shape index (κ1) is 17.8. The third kappa shape index (κ3) is 3.49. The zero-order valence-electron chi connectivity index (χ0n) is 14.2. The molecule has 1 saturated heterocycles. The Morgan fingerprint density at radius 3 is 2.23 bits per heavy atom. The van der Waals surface area contributed by atoms with Gasteiger partial charge in [-0.15, -0.1) is 0 Å². The average Bonchev–Trinajstić information content (AvgIpc) is 2.85. The second-order valence-corrected chi connectivity index (χ2v) is 7.91. The lowest BCUT2D eigenvalue weighted by Crippen LogP contribution is -2.41. The van der Waals surface area contributed by atoms with Crippen LogP contribution >= 0.6 is 0 Å². The molecule has 2 N–H and O–H groups in total. The molecular weight excluding hydrogens is 283 g/mol. The summed E-state index contributed by atoms with van der Waals surface area (Å²) in [6, 6.07) is 0. The minimum Gasteiger partial charge on any atom is -0.481 e. The van der Waals surface area contributed by atoms with Crippen LogP contribution in [-0.4, -0.2) is 40.6 Å². The number of hydrogen-bond acceptors (Lipinski definition) is 4. The molecule has 22 heavy (non-hydrogen) atoms. The maximum absolute atomic E-state index is 11.5. The third-order valence-electron chi connectivity index (χ3n) is 5.68. The number of carboxylic acid groups (broad SMARTS) is 1. The molecule has 1 aliphatic heterocycles. The van der Waals surface area contributed by atoms with Crippen molar-refractivity contribution in [2.45, 2.75) is 89.8 Å². The molecule has 2 atom stereocenters. The molecule has 126 valence electrons. The molecule has 5 nitrogen and oxygen atoms in total. The lowest BCUT2D eigenvalue weighted by Gasteiger charge is -2.32. The van der Waals surface area contributed by atoms with Crippen LogP contribution in [0.15, 0.2) is 0 Å². The molecule has 0 bridgehead atoms. The normalized spacial score (nSPS) is 33.3. The van der Waals surface area contributed by atoms with Gasteiger partial charge in [-0.2, -0.15) is 0 Å². The van der Waals surface area contributed by atoms with E-state index in [1.807, 2.05) is 27.7 Å². The monoisotopic (exact) mass is 312 g/mol. The lowest BCUT2D eigenvalue weighted by atomic mass is 9.77. The largest absolute Gasteiger partial charge is 0.481 e. The predicted molar refractivity (Wildman–Crippen MR) is 84.7 cm³/mol. The van der Waals surface area contributed by atoms with Crippen molar-refractivity contribution in [3.8, 4) is 0 Å². The lowest BCUT2D eigenvalue weighted by molar-refractivity contribution is -0.149. The molecule has 0 spiro atoms. The van der Waals surface area contributed by atoms with Gasteiger partial charge in [0.05, 0.1) is 22.7 Å². The summed E-state index contributed by atoms with van der Waals surface area (Å²) in [5.74, 6) is -0.764. The van der Waals surface area contributed by atoms with Crippen molar-refractivity contribution in [3.63, 3.8) is 0 Å². The van der Waals surface area contributed by atoms with Gasteiger partial charge in [0.1, 0.15) is 0 Å². The smallest absolute Gasteiger partial charge is 0.457 e. The summed E-state index contributed by atoms with van der Waals surface area (Å²) in [5, 5.41) is 19.1. The Morgan fingerprint density at radius 1 is 1.18 bits per heavy atom. The van der Waals surface area contributed by atoms with Crippen LogP contribution in [0.2, 0.25) is 6.32 Å².